The Morgan fingerprint density at radius 3 is 1.48 bits per heavy atom. The maximum atomic E-state index is 5.50. The van der Waals surface area contributed by atoms with E-state index < -0.39 is 0 Å². The van der Waals surface area contributed by atoms with Gasteiger partial charge in [-0.2, -0.15) is 0 Å². The monoisotopic (exact) mass is 296 g/mol. The van der Waals surface area contributed by atoms with Crippen LogP contribution in [0, 0.1) is 0 Å². The zero-order chi connectivity index (χ0) is 15.6. The number of ether oxygens (including phenoxy) is 1. The van der Waals surface area contributed by atoms with Gasteiger partial charge in [0.2, 0.25) is 0 Å². The minimum Gasteiger partial charge on any atom is -0.499 e. The van der Waals surface area contributed by atoms with Gasteiger partial charge < -0.3 is 4.74 Å². The Hall–Kier alpha value is -0.460. The van der Waals surface area contributed by atoms with Crippen molar-refractivity contribution >= 4 is 0 Å². The molecule has 0 fully saturated rings. The molecule has 0 aliphatic heterocycles. The largest absolute Gasteiger partial charge is 0.499 e. The van der Waals surface area contributed by atoms with Crippen LogP contribution in [0.3, 0.4) is 0 Å². The van der Waals surface area contributed by atoms with Crippen molar-refractivity contribution in [2.24, 2.45) is 0 Å². The minimum absolute atomic E-state index is 0.831. The molecule has 21 heavy (non-hydrogen) atoms. The van der Waals surface area contributed by atoms with E-state index in [1.807, 2.05) is 0 Å². The summed E-state index contributed by atoms with van der Waals surface area (Å²) in [6, 6.07) is 0. The fraction of sp³-hybridized carbons (Fsp3) is 0.900. The Labute approximate surface area is 134 Å². The van der Waals surface area contributed by atoms with E-state index in [0.717, 1.165) is 25.2 Å². The smallest absolute Gasteiger partial charge is 0.0888 e. The van der Waals surface area contributed by atoms with Gasteiger partial charge in [0.05, 0.1) is 12.4 Å². The van der Waals surface area contributed by atoms with Gasteiger partial charge in [0.1, 0.15) is 0 Å². The summed E-state index contributed by atoms with van der Waals surface area (Å²) in [5, 5.41) is 0. The first kappa shape index (κ1) is 20.5. The SMILES string of the molecule is C=C(CCCCCCCCCCCCCCC)OCCC. The van der Waals surface area contributed by atoms with Crippen LogP contribution in [0.1, 0.15) is 110 Å². The predicted octanol–water partition coefficient (Wildman–Crippen LogP) is 7.41. The molecule has 0 heterocycles. The van der Waals surface area contributed by atoms with E-state index in [1.165, 1.54) is 83.5 Å². The highest BCUT2D eigenvalue weighted by Crippen LogP contribution is 2.14. The lowest BCUT2D eigenvalue weighted by Crippen LogP contribution is -1.92. The molecule has 0 aliphatic rings. The molecular weight excluding hydrogens is 256 g/mol. The molecule has 0 spiro atoms. The van der Waals surface area contributed by atoms with E-state index in [-0.39, 0.29) is 0 Å². The van der Waals surface area contributed by atoms with E-state index in [0.29, 0.717) is 0 Å². The third-order valence-electron chi connectivity index (χ3n) is 4.07. The molecule has 0 aromatic heterocycles. The van der Waals surface area contributed by atoms with Gasteiger partial charge in [-0.3, -0.25) is 0 Å². The van der Waals surface area contributed by atoms with E-state index in [1.54, 1.807) is 0 Å². The zero-order valence-electron chi connectivity index (χ0n) is 14.9. The summed E-state index contributed by atoms with van der Waals surface area (Å²) in [4.78, 5) is 0. The Morgan fingerprint density at radius 2 is 1.05 bits per heavy atom. The summed E-state index contributed by atoms with van der Waals surface area (Å²) < 4.78 is 5.50. The van der Waals surface area contributed by atoms with E-state index in [2.05, 4.69) is 20.4 Å². The van der Waals surface area contributed by atoms with Crippen LogP contribution in [-0.2, 0) is 4.74 Å². The summed E-state index contributed by atoms with van der Waals surface area (Å²) in [6.45, 7) is 9.22. The molecule has 1 nitrogen and oxygen atoms in total. The van der Waals surface area contributed by atoms with Crippen molar-refractivity contribution in [1.82, 2.24) is 0 Å². The van der Waals surface area contributed by atoms with Crippen LogP contribution in [0.2, 0.25) is 0 Å². The normalized spacial score (nSPS) is 10.8. The topological polar surface area (TPSA) is 9.23 Å². The summed E-state index contributed by atoms with van der Waals surface area (Å²) >= 11 is 0. The van der Waals surface area contributed by atoms with Crippen molar-refractivity contribution in [3.05, 3.63) is 12.3 Å². The molecule has 0 unspecified atom stereocenters. The standard InChI is InChI=1S/C20H40O/c1-4-6-7-8-9-10-11-12-13-14-15-16-17-18-20(3)21-19-5-2/h3-19H2,1-2H3. The maximum absolute atomic E-state index is 5.50. The van der Waals surface area contributed by atoms with Crippen LogP contribution in [0.4, 0.5) is 0 Å². The molecule has 0 atom stereocenters. The number of hydrogen-bond acceptors (Lipinski definition) is 1. The van der Waals surface area contributed by atoms with Gasteiger partial charge in [-0.15, -0.1) is 0 Å². The summed E-state index contributed by atoms with van der Waals surface area (Å²) in [5.41, 5.74) is 0. The zero-order valence-corrected chi connectivity index (χ0v) is 14.9. The number of hydrogen-bond donors (Lipinski definition) is 0. The second kappa shape index (κ2) is 17.6. The summed E-state index contributed by atoms with van der Waals surface area (Å²) in [5.74, 6) is 0.986. The van der Waals surface area contributed by atoms with Gasteiger partial charge in [-0.05, 0) is 12.8 Å². The van der Waals surface area contributed by atoms with E-state index in [9.17, 15) is 0 Å². The molecule has 0 amide bonds. The van der Waals surface area contributed by atoms with Crippen LogP contribution >= 0.6 is 0 Å². The van der Waals surface area contributed by atoms with Crippen molar-refractivity contribution in [1.29, 1.82) is 0 Å². The van der Waals surface area contributed by atoms with Crippen LogP contribution in [-0.4, -0.2) is 6.61 Å². The fourth-order valence-corrected chi connectivity index (χ4v) is 2.66. The van der Waals surface area contributed by atoms with Gasteiger partial charge in [-0.25, -0.2) is 0 Å². The quantitative estimate of drug-likeness (QED) is 0.200. The molecule has 0 saturated heterocycles. The van der Waals surface area contributed by atoms with E-state index in [4.69, 9.17) is 4.74 Å². The molecule has 0 radical (unpaired) electrons. The summed E-state index contributed by atoms with van der Waals surface area (Å²) in [6.07, 6.45) is 20.5. The van der Waals surface area contributed by atoms with E-state index >= 15 is 0 Å². The van der Waals surface area contributed by atoms with Crippen molar-refractivity contribution in [2.75, 3.05) is 6.61 Å². The molecule has 1 heteroatoms. The fourth-order valence-electron chi connectivity index (χ4n) is 2.66. The number of allylic oxidation sites excluding steroid dienone is 1. The van der Waals surface area contributed by atoms with Gasteiger partial charge in [-0.1, -0.05) is 97.5 Å². The van der Waals surface area contributed by atoms with Crippen molar-refractivity contribution < 1.29 is 4.74 Å². The molecule has 0 bridgehead atoms. The highest BCUT2D eigenvalue weighted by atomic mass is 16.5. The molecule has 0 aromatic rings. The second-order valence-electron chi connectivity index (χ2n) is 6.38. The van der Waals surface area contributed by atoms with Crippen LogP contribution in [0.25, 0.3) is 0 Å². The lowest BCUT2D eigenvalue weighted by Gasteiger charge is -2.07. The van der Waals surface area contributed by atoms with Gasteiger partial charge >= 0.3 is 0 Å². The third kappa shape index (κ3) is 17.5. The molecular formula is C20H40O. The summed E-state index contributed by atoms with van der Waals surface area (Å²) in [7, 11) is 0. The molecule has 0 aliphatic carbocycles. The number of unbranched alkanes of at least 4 members (excludes halogenated alkanes) is 12. The minimum atomic E-state index is 0.831. The average Bonchev–Trinajstić information content (AvgIpc) is 2.49. The Balaban J connectivity index is 3.04. The molecule has 0 rings (SSSR count). The van der Waals surface area contributed by atoms with Crippen LogP contribution in [0.5, 0.6) is 0 Å². The van der Waals surface area contributed by atoms with Gasteiger partial charge in [0, 0.05) is 6.42 Å². The van der Waals surface area contributed by atoms with Crippen molar-refractivity contribution in [3.8, 4) is 0 Å². The molecule has 0 N–H and O–H groups in total. The number of rotatable bonds is 17. The molecule has 0 aromatic carbocycles. The third-order valence-corrected chi connectivity index (χ3v) is 4.07. The van der Waals surface area contributed by atoms with Crippen molar-refractivity contribution in [3.63, 3.8) is 0 Å². The first-order chi connectivity index (χ1) is 10.3. The molecule has 0 saturated carbocycles. The van der Waals surface area contributed by atoms with Gasteiger partial charge in [0.15, 0.2) is 0 Å². The lowest BCUT2D eigenvalue weighted by atomic mass is 10.0. The maximum Gasteiger partial charge on any atom is 0.0888 e. The first-order valence-corrected chi connectivity index (χ1v) is 9.61. The predicted molar refractivity (Wildman–Crippen MR) is 95.7 cm³/mol. The first-order valence-electron chi connectivity index (χ1n) is 9.61. The Morgan fingerprint density at radius 1 is 0.619 bits per heavy atom. The Kier molecular flexibility index (Phi) is 17.2. The Bertz CT molecular complexity index is 210. The van der Waals surface area contributed by atoms with Gasteiger partial charge in [0.25, 0.3) is 0 Å². The molecule has 126 valence electrons. The highest BCUT2D eigenvalue weighted by molar-refractivity contribution is 4.81. The lowest BCUT2D eigenvalue weighted by molar-refractivity contribution is 0.202. The van der Waals surface area contributed by atoms with Crippen molar-refractivity contribution in [2.45, 2.75) is 110 Å². The highest BCUT2D eigenvalue weighted by Gasteiger charge is 1.96. The van der Waals surface area contributed by atoms with Crippen LogP contribution < -0.4 is 0 Å². The average molecular weight is 297 g/mol. The van der Waals surface area contributed by atoms with Crippen LogP contribution in [0.15, 0.2) is 12.3 Å². The second-order valence-corrected chi connectivity index (χ2v) is 6.38.